The van der Waals surface area contributed by atoms with E-state index in [1.807, 2.05) is 6.92 Å². The second-order valence-corrected chi connectivity index (χ2v) is 7.01. The van der Waals surface area contributed by atoms with Gasteiger partial charge in [-0.2, -0.15) is 4.31 Å². The molecule has 22 heavy (non-hydrogen) atoms. The summed E-state index contributed by atoms with van der Waals surface area (Å²) in [6, 6.07) is 5.37. The van der Waals surface area contributed by atoms with E-state index >= 15 is 0 Å². The fourth-order valence-corrected chi connectivity index (χ4v) is 3.89. The van der Waals surface area contributed by atoms with Gasteiger partial charge in [-0.15, -0.1) is 0 Å². The summed E-state index contributed by atoms with van der Waals surface area (Å²) in [5.74, 6) is -0.176. The summed E-state index contributed by atoms with van der Waals surface area (Å²) in [7, 11) is -3.89. The lowest BCUT2D eigenvalue weighted by Gasteiger charge is -2.31. The number of H-pyrrole nitrogens is 1. The number of aromatic nitrogens is 2. The van der Waals surface area contributed by atoms with Gasteiger partial charge >= 0.3 is 0 Å². The number of hydrogen-bond acceptors (Lipinski definition) is 4. The number of nitrogens with one attached hydrogen (secondary N) is 1. The molecule has 2 aromatic rings. The number of ether oxygens (including phenoxy) is 1. The van der Waals surface area contributed by atoms with Crippen molar-refractivity contribution < 1.29 is 17.5 Å². The molecular formula is C14H16FN3O3S. The van der Waals surface area contributed by atoms with Gasteiger partial charge in [0.2, 0.25) is 10.0 Å². The first-order valence-corrected chi connectivity index (χ1v) is 8.30. The van der Waals surface area contributed by atoms with Crippen molar-refractivity contribution in [3.63, 3.8) is 0 Å². The number of sulfonamides is 1. The van der Waals surface area contributed by atoms with Crippen molar-refractivity contribution in [1.29, 1.82) is 0 Å². The third-order valence-corrected chi connectivity index (χ3v) is 5.41. The number of imidazole rings is 1. The van der Waals surface area contributed by atoms with Crippen LogP contribution in [0.2, 0.25) is 0 Å². The predicted molar refractivity (Wildman–Crippen MR) is 77.2 cm³/mol. The highest BCUT2D eigenvalue weighted by atomic mass is 32.2. The lowest BCUT2D eigenvalue weighted by molar-refractivity contribution is -0.00716. The summed E-state index contributed by atoms with van der Waals surface area (Å²) >= 11 is 0. The predicted octanol–water partition coefficient (Wildman–Crippen LogP) is 1.62. The molecule has 1 N–H and O–H groups in total. The molecule has 1 aliphatic heterocycles. The molecule has 1 atom stereocenters. The summed E-state index contributed by atoms with van der Waals surface area (Å²) in [5, 5.41) is 0. The average molecular weight is 325 g/mol. The Balaban J connectivity index is 1.87. The maximum absolute atomic E-state index is 13.8. The van der Waals surface area contributed by atoms with Gasteiger partial charge in [0, 0.05) is 25.0 Å². The van der Waals surface area contributed by atoms with Gasteiger partial charge in [0.05, 0.1) is 6.61 Å². The van der Waals surface area contributed by atoms with Crippen molar-refractivity contribution in [3.05, 3.63) is 47.8 Å². The van der Waals surface area contributed by atoms with Crippen LogP contribution >= 0.6 is 0 Å². The molecule has 6 nitrogen and oxygen atoms in total. The monoisotopic (exact) mass is 325 g/mol. The van der Waals surface area contributed by atoms with Gasteiger partial charge in [-0.05, 0) is 19.1 Å². The molecule has 1 aromatic heterocycles. The van der Waals surface area contributed by atoms with Gasteiger partial charge in [-0.25, -0.2) is 17.8 Å². The van der Waals surface area contributed by atoms with Crippen LogP contribution < -0.4 is 0 Å². The van der Waals surface area contributed by atoms with Gasteiger partial charge in [-0.1, -0.05) is 12.1 Å². The molecule has 0 saturated carbocycles. The number of nitrogens with zero attached hydrogens (tertiary/aromatic N) is 2. The minimum Gasteiger partial charge on any atom is -0.368 e. The highest BCUT2D eigenvalue weighted by Gasteiger charge is 2.33. The Hall–Kier alpha value is -1.77. The standard InChI is InChI=1S/C14H16FN3O3S/c1-10-8-16-14(17-10)12-9-18(6-7-21-12)22(19,20)13-5-3-2-4-11(13)15/h2-5,8,12H,6-7,9H2,1H3,(H,16,17)/t12-/m0/s1. The van der Waals surface area contributed by atoms with E-state index in [0.29, 0.717) is 5.82 Å². The molecule has 2 heterocycles. The van der Waals surface area contributed by atoms with Crippen LogP contribution in [0.25, 0.3) is 0 Å². The lowest BCUT2D eigenvalue weighted by atomic mass is 10.3. The molecule has 8 heteroatoms. The van der Waals surface area contributed by atoms with E-state index in [9.17, 15) is 12.8 Å². The number of halogens is 1. The van der Waals surface area contributed by atoms with Crippen LogP contribution in [0.15, 0.2) is 35.4 Å². The minimum atomic E-state index is -3.89. The van der Waals surface area contributed by atoms with Crippen molar-refractivity contribution >= 4 is 10.0 Å². The Bertz CT molecular complexity index is 775. The van der Waals surface area contributed by atoms with E-state index in [-0.39, 0.29) is 24.6 Å². The van der Waals surface area contributed by atoms with Crippen LogP contribution in [0.4, 0.5) is 4.39 Å². The number of benzene rings is 1. The fraction of sp³-hybridized carbons (Fsp3) is 0.357. The average Bonchev–Trinajstić information content (AvgIpc) is 2.94. The van der Waals surface area contributed by atoms with Crippen LogP contribution in [-0.4, -0.2) is 42.4 Å². The number of aryl methyl sites for hydroxylation is 1. The molecule has 0 spiro atoms. The number of hydrogen-bond donors (Lipinski definition) is 1. The molecule has 0 bridgehead atoms. The molecule has 1 aromatic carbocycles. The molecule has 1 aliphatic rings. The number of aromatic amines is 1. The van der Waals surface area contributed by atoms with E-state index in [0.717, 1.165) is 11.8 Å². The van der Waals surface area contributed by atoms with Crippen LogP contribution in [0.1, 0.15) is 17.6 Å². The van der Waals surface area contributed by atoms with E-state index < -0.39 is 21.9 Å². The van der Waals surface area contributed by atoms with Crippen molar-refractivity contribution in [2.75, 3.05) is 19.7 Å². The van der Waals surface area contributed by atoms with Crippen molar-refractivity contribution in [3.8, 4) is 0 Å². The maximum Gasteiger partial charge on any atom is 0.246 e. The summed E-state index contributed by atoms with van der Waals surface area (Å²) in [5.41, 5.74) is 0.868. The van der Waals surface area contributed by atoms with E-state index in [1.54, 1.807) is 6.20 Å². The molecule has 0 amide bonds. The van der Waals surface area contributed by atoms with Crippen molar-refractivity contribution in [2.24, 2.45) is 0 Å². The zero-order valence-electron chi connectivity index (χ0n) is 12.0. The van der Waals surface area contributed by atoms with Crippen molar-refractivity contribution in [1.82, 2.24) is 14.3 Å². The van der Waals surface area contributed by atoms with E-state index in [2.05, 4.69) is 9.97 Å². The quantitative estimate of drug-likeness (QED) is 0.930. The Morgan fingerprint density at radius 3 is 2.86 bits per heavy atom. The second-order valence-electron chi connectivity index (χ2n) is 5.10. The molecular weight excluding hydrogens is 309 g/mol. The first-order valence-electron chi connectivity index (χ1n) is 6.86. The molecule has 1 saturated heterocycles. The van der Waals surface area contributed by atoms with Gasteiger partial charge in [0.25, 0.3) is 0 Å². The normalized spacial score (nSPS) is 20.2. The van der Waals surface area contributed by atoms with Crippen LogP contribution in [0, 0.1) is 12.7 Å². The summed E-state index contributed by atoms with van der Waals surface area (Å²) in [6.07, 6.45) is 1.17. The zero-order chi connectivity index (χ0) is 15.7. The van der Waals surface area contributed by atoms with Gasteiger partial charge < -0.3 is 9.72 Å². The Morgan fingerprint density at radius 1 is 1.41 bits per heavy atom. The van der Waals surface area contributed by atoms with Gasteiger partial charge in [0.15, 0.2) is 0 Å². The first-order chi connectivity index (χ1) is 10.5. The maximum atomic E-state index is 13.8. The number of rotatable bonds is 3. The molecule has 118 valence electrons. The highest BCUT2D eigenvalue weighted by Crippen LogP contribution is 2.26. The molecule has 0 aliphatic carbocycles. The lowest BCUT2D eigenvalue weighted by Crippen LogP contribution is -2.42. The largest absolute Gasteiger partial charge is 0.368 e. The minimum absolute atomic E-state index is 0.101. The SMILES string of the molecule is Cc1cnc([C@@H]2CN(S(=O)(=O)c3ccccc3F)CCO2)[nH]1. The van der Waals surface area contributed by atoms with E-state index in [4.69, 9.17) is 4.74 Å². The third kappa shape index (κ3) is 2.77. The molecule has 0 radical (unpaired) electrons. The highest BCUT2D eigenvalue weighted by molar-refractivity contribution is 7.89. The smallest absolute Gasteiger partial charge is 0.246 e. The Morgan fingerprint density at radius 2 is 2.18 bits per heavy atom. The Labute approximate surface area is 128 Å². The van der Waals surface area contributed by atoms with Crippen LogP contribution in [0.3, 0.4) is 0 Å². The number of morpholine rings is 1. The third-order valence-electron chi connectivity index (χ3n) is 3.51. The van der Waals surface area contributed by atoms with Crippen molar-refractivity contribution in [2.45, 2.75) is 17.9 Å². The topological polar surface area (TPSA) is 75.3 Å². The van der Waals surface area contributed by atoms with Gasteiger partial charge in [-0.3, -0.25) is 0 Å². The zero-order valence-corrected chi connectivity index (χ0v) is 12.8. The molecule has 1 fully saturated rings. The Kier molecular flexibility index (Phi) is 3.98. The summed E-state index contributed by atoms with van der Waals surface area (Å²) in [6.45, 7) is 2.38. The van der Waals surface area contributed by atoms with E-state index in [1.165, 1.54) is 22.5 Å². The van der Waals surface area contributed by atoms with Crippen LogP contribution in [-0.2, 0) is 14.8 Å². The second kappa shape index (κ2) is 5.79. The first kappa shape index (κ1) is 15.1. The summed E-state index contributed by atoms with van der Waals surface area (Å²) in [4.78, 5) is 6.89. The fourth-order valence-electron chi connectivity index (χ4n) is 2.40. The van der Waals surface area contributed by atoms with Crippen LogP contribution in [0.5, 0.6) is 0 Å². The molecule has 0 unspecified atom stereocenters. The van der Waals surface area contributed by atoms with Gasteiger partial charge in [0.1, 0.15) is 22.6 Å². The molecule has 3 rings (SSSR count). The summed E-state index contributed by atoms with van der Waals surface area (Å²) < 4.78 is 45.8.